The molecule has 0 spiro atoms. The van der Waals surface area contributed by atoms with Gasteiger partial charge in [-0.15, -0.1) is 11.3 Å². The maximum absolute atomic E-state index is 10.6. The highest BCUT2D eigenvalue weighted by Crippen LogP contribution is 2.24. The highest BCUT2D eigenvalue weighted by Gasteiger charge is 2.18. The number of carboxylic acid groups (broad SMARTS) is 1. The van der Waals surface area contributed by atoms with E-state index in [1.165, 1.54) is 11.3 Å². The van der Waals surface area contributed by atoms with Gasteiger partial charge in [-0.05, 0) is 13.0 Å². The van der Waals surface area contributed by atoms with Crippen LogP contribution in [0.4, 0.5) is 0 Å². The van der Waals surface area contributed by atoms with Crippen LogP contribution in [0.3, 0.4) is 0 Å². The molecule has 0 aliphatic carbocycles. The minimum Gasteiger partial charge on any atom is -0.476 e. The minimum absolute atomic E-state index is 0.130. The zero-order valence-electron chi connectivity index (χ0n) is 8.44. The molecule has 0 fully saturated rings. The van der Waals surface area contributed by atoms with Crippen LogP contribution >= 0.6 is 11.3 Å². The smallest absolute Gasteiger partial charge is 0.355 e. The largest absolute Gasteiger partial charge is 0.476 e. The normalized spacial score (nSPS) is 13.1. The van der Waals surface area contributed by atoms with Crippen molar-refractivity contribution in [1.82, 2.24) is 10.3 Å². The summed E-state index contributed by atoms with van der Waals surface area (Å²) < 4.78 is 0. The molecule has 0 aliphatic heterocycles. The third-order valence-electron chi connectivity index (χ3n) is 1.98. The molecule has 1 rings (SSSR count). The standard InChI is InChI=1S/C9H14N2O2S/c1-5(2)7(10-3)8-11-6(4-14-8)9(12)13/h4-5,7,10H,1-3H3,(H,12,13)/t7-/m0/s1. The Hall–Kier alpha value is -0.940. The fraction of sp³-hybridized carbons (Fsp3) is 0.556. The summed E-state index contributed by atoms with van der Waals surface area (Å²) in [6, 6.07) is 0.132. The maximum Gasteiger partial charge on any atom is 0.355 e. The predicted molar refractivity (Wildman–Crippen MR) is 55.7 cm³/mol. The van der Waals surface area contributed by atoms with Gasteiger partial charge in [0.15, 0.2) is 5.69 Å². The summed E-state index contributed by atoms with van der Waals surface area (Å²) in [7, 11) is 1.85. The van der Waals surface area contributed by atoms with Gasteiger partial charge in [-0.3, -0.25) is 0 Å². The lowest BCUT2D eigenvalue weighted by atomic mass is 10.1. The molecule has 1 aromatic rings. The first-order valence-electron chi connectivity index (χ1n) is 4.42. The minimum atomic E-state index is -0.967. The van der Waals surface area contributed by atoms with E-state index in [0.717, 1.165) is 5.01 Å². The maximum atomic E-state index is 10.6. The summed E-state index contributed by atoms with van der Waals surface area (Å²) in [5, 5.41) is 14.2. The van der Waals surface area contributed by atoms with E-state index >= 15 is 0 Å². The van der Waals surface area contributed by atoms with Crippen LogP contribution in [0.2, 0.25) is 0 Å². The first-order chi connectivity index (χ1) is 6.56. The summed E-state index contributed by atoms with van der Waals surface area (Å²) in [6.45, 7) is 4.14. The third-order valence-corrected chi connectivity index (χ3v) is 2.91. The van der Waals surface area contributed by atoms with Gasteiger partial charge in [0.25, 0.3) is 0 Å². The molecule has 0 saturated heterocycles. The number of hydrogen-bond acceptors (Lipinski definition) is 4. The zero-order valence-corrected chi connectivity index (χ0v) is 9.26. The Labute approximate surface area is 87.0 Å². The monoisotopic (exact) mass is 214 g/mol. The lowest BCUT2D eigenvalue weighted by Gasteiger charge is -2.16. The summed E-state index contributed by atoms with van der Waals surface area (Å²) >= 11 is 1.38. The van der Waals surface area contributed by atoms with Crippen molar-refractivity contribution in [3.05, 3.63) is 16.1 Å². The van der Waals surface area contributed by atoms with Crippen LogP contribution in [-0.4, -0.2) is 23.1 Å². The Kier molecular flexibility index (Phi) is 3.60. The van der Waals surface area contributed by atoms with Gasteiger partial charge in [0, 0.05) is 5.38 Å². The molecular weight excluding hydrogens is 200 g/mol. The van der Waals surface area contributed by atoms with Gasteiger partial charge in [0.2, 0.25) is 0 Å². The molecule has 0 aromatic carbocycles. The molecule has 0 bridgehead atoms. The van der Waals surface area contributed by atoms with Gasteiger partial charge in [0.05, 0.1) is 6.04 Å². The molecule has 4 nitrogen and oxygen atoms in total. The second-order valence-corrected chi connectivity index (χ2v) is 4.28. The first kappa shape index (κ1) is 11.1. The third kappa shape index (κ3) is 2.30. The van der Waals surface area contributed by atoms with Gasteiger partial charge >= 0.3 is 5.97 Å². The van der Waals surface area contributed by atoms with Gasteiger partial charge in [0.1, 0.15) is 5.01 Å². The summed E-state index contributed by atoms with van der Waals surface area (Å²) in [5.41, 5.74) is 0.130. The molecule has 0 aliphatic rings. The summed E-state index contributed by atoms with van der Waals surface area (Å²) in [4.78, 5) is 14.7. The number of thiazole rings is 1. The van der Waals surface area contributed by atoms with Crippen LogP contribution in [-0.2, 0) is 0 Å². The second kappa shape index (κ2) is 4.52. The molecule has 14 heavy (non-hydrogen) atoms. The summed E-state index contributed by atoms with van der Waals surface area (Å²) in [5.74, 6) is -0.570. The van der Waals surface area contributed by atoms with E-state index < -0.39 is 5.97 Å². The highest BCUT2D eigenvalue weighted by molar-refractivity contribution is 7.09. The number of hydrogen-bond donors (Lipinski definition) is 2. The number of carboxylic acids is 1. The number of nitrogens with one attached hydrogen (secondary N) is 1. The fourth-order valence-corrected chi connectivity index (χ4v) is 2.34. The van der Waals surface area contributed by atoms with Crippen molar-refractivity contribution < 1.29 is 9.90 Å². The molecular formula is C9H14N2O2S. The number of rotatable bonds is 4. The van der Waals surface area contributed by atoms with E-state index in [4.69, 9.17) is 5.11 Å². The van der Waals surface area contributed by atoms with E-state index in [1.807, 2.05) is 7.05 Å². The molecule has 0 saturated carbocycles. The van der Waals surface area contributed by atoms with Crippen molar-refractivity contribution in [2.45, 2.75) is 19.9 Å². The molecule has 2 N–H and O–H groups in total. The molecule has 78 valence electrons. The number of carbonyl (C=O) groups is 1. The van der Waals surface area contributed by atoms with Crippen molar-refractivity contribution in [3.8, 4) is 0 Å². The van der Waals surface area contributed by atoms with E-state index in [2.05, 4.69) is 24.1 Å². The molecule has 0 amide bonds. The van der Waals surface area contributed by atoms with Crippen LogP contribution in [0, 0.1) is 5.92 Å². The number of nitrogens with zero attached hydrogens (tertiary/aromatic N) is 1. The molecule has 1 aromatic heterocycles. The van der Waals surface area contributed by atoms with Crippen molar-refractivity contribution in [3.63, 3.8) is 0 Å². The van der Waals surface area contributed by atoms with E-state index in [-0.39, 0.29) is 11.7 Å². The number of aromatic nitrogens is 1. The Morgan fingerprint density at radius 3 is 2.64 bits per heavy atom. The zero-order chi connectivity index (χ0) is 10.7. The van der Waals surface area contributed by atoms with E-state index in [9.17, 15) is 4.79 Å². The number of aromatic carboxylic acids is 1. The summed E-state index contributed by atoms with van der Waals surface area (Å²) in [6.07, 6.45) is 0. The lowest BCUT2D eigenvalue weighted by Crippen LogP contribution is -2.21. The van der Waals surface area contributed by atoms with E-state index in [1.54, 1.807) is 5.38 Å². The van der Waals surface area contributed by atoms with Gasteiger partial charge < -0.3 is 10.4 Å². The van der Waals surface area contributed by atoms with Crippen LogP contribution < -0.4 is 5.32 Å². The fourth-order valence-electron chi connectivity index (χ4n) is 1.27. The van der Waals surface area contributed by atoms with Crippen LogP contribution in [0.1, 0.15) is 35.4 Å². The van der Waals surface area contributed by atoms with Crippen LogP contribution in [0.25, 0.3) is 0 Å². The first-order valence-corrected chi connectivity index (χ1v) is 5.30. The average Bonchev–Trinajstić information content (AvgIpc) is 2.53. The van der Waals surface area contributed by atoms with Crippen LogP contribution in [0.5, 0.6) is 0 Å². The van der Waals surface area contributed by atoms with E-state index in [0.29, 0.717) is 5.92 Å². The molecule has 1 atom stereocenters. The molecule has 5 heteroatoms. The van der Waals surface area contributed by atoms with Crippen molar-refractivity contribution in [2.24, 2.45) is 5.92 Å². The van der Waals surface area contributed by atoms with Gasteiger partial charge in [-0.25, -0.2) is 9.78 Å². The topological polar surface area (TPSA) is 62.2 Å². The van der Waals surface area contributed by atoms with Crippen molar-refractivity contribution in [2.75, 3.05) is 7.05 Å². The van der Waals surface area contributed by atoms with Gasteiger partial charge in [-0.2, -0.15) is 0 Å². The van der Waals surface area contributed by atoms with Crippen molar-refractivity contribution in [1.29, 1.82) is 0 Å². The predicted octanol–water partition coefficient (Wildman–Crippen LogP) is 1.76. The molecule has 1 heterocycles. The lowest BCUT2D eigenvalue weighted by molar-refractivity contribution is 0.0691. The molecule has 0 radical (unpaired) electrons. The Balaban J connectivity index is 2.89. The SMILES string of the molecule is CN[C@H](c1nc(C(=O)O)cs1)C(C)C. The average molecular weight is 214 g/mol. The second-order valence-electron chi connectivity index (χ2n) is 3.39. The van der Waals surface area contributed by atoms with Gasteiger partial charge in [-0.1, -0.05) is 13.8 Å². The quantitative estimate of drug-likeness (QED) is 0.801. The highest BCUT2D eigenvalue weighted by atomic mass is 32.1. The Morgan fingerprint density at radius 2 is 2.29 bits per heavy atom. The van der Waals surface area contributed by atoms with Crippen molar-refractivity contribution >= 4 is 17.3 Å². The van der Waals surface area contributed by atoms with Crippen LogP contribution in [0.15, 0.2) is 5.38 Å². The Bertz CT molecular complexity index is 322. The molecule has 0 unspecified atom stereocenters. The Morgan fingerprint density at radius 1 is 1.64 bits per heavy atom.